The molecule has 0 atom stereocenters. The van der Waals surface area contributed by atoms with Gasteiger partial charge in [0, 0.05) is 24.5 Å². The van der Waals surface area contributed by atoms with E-state index in [1.165, 1.54) is 140 Å². The lowest BCUT2D eigenvalue weighted by Crippen LogP contribution is -2.29. The topological polar surface area (TPSA) is 48.1 Å². The summed E-state index contributed by atoms with van der Waals surface area (Å²) in [5.74, 6) is 0. The Morgan fingerprint density at radius 1 is 0.422 bits per heavy atom. The van der Waals surface area contributed by atoms with Crippen LogP contribution in [0.15, 0.2) is 48.5 Å². The van der Waals surface area contributed by atoms with Crippen molar-refractivity contribution in [2.45, 2.75) is 149 Å². The highest BCUT2D eigenvalue weighted by Crippen LogP contribution is 2.17. The minimum atomic E-state index is 0.706. The number of hydrogen-bond donors (Lipinski definition) is 4. The molecule has 0 amide bonds. The lowest BCUT2D eigenvalue weighted by molar-refractivity contribution is 0.555. The first kappa shape index (κ1) is 39.0. The van der Waals surface area contributed by atoms with Crippen LogP contribution in [0.4, 0.5) is 11.4 Å². The summed E-state index contributed by atoms with van der Waals surface area (Å²) in [5.41, 5.74) is 4.61. The summed E-state index contributed by atoms with van der Waals surface area (Å²) in [4.78, 5) is 0. The van der Waals surface area contributed by atoms with Gasteiger partial charge in [-0.05, 0) is 79.1 Å². The molecule has 4 N–H and O–H groups in total. The number of hydrogen-bond acceptors (Lipinski definition) is 2. The van der Waals surface area contributed by atoms with Crippen molar-refractivity contribution in [2.24, 2.45) is 0 Å². The molecule has 0 aromatic heterocycles. The SMILES string of the molecule is CCCCCCCCCCCCNC(=S)Nc1ccc(Cc2ccc(NC(=S)NCCCCCCCCCCCC)cc2)cc1. The Hall–Kier alpha value is -2.18. The molecule has 45 heavy (non-hydrogen) atoms. The second kappa shape index (κ2) is 27.0. The lowest BCUT2D eigenvalue weighted by Gasteiger charge is -2.12. The van der Waals surface area contributed by atoms with Gasteiger partial charge >= 0.3 is 0 Å². The van der Waals surface area contributed by atoms with Gasteiger partial charge in [0.05, 0.1) is 0 Å². The normalized spacial score (nSPS) is 10.9. The summed E-state index contributed by atoms with van der Waals surface area (Å²) in [7, 11) is 0. The van der Waals surface area contributed by atoms with E-state index >= 15 is 0 Å². The van der Waals surface area contributed by atoms with E-state index in [4.69, 9.17) is 24.4 Å². The van der Waals surface area contributed by atoms with Crippen LogP contribution in [0.1, 0.15) is 153 Å². The van der Waals surface area contributed by atoms with Crippen LogP contribution in [0.25, 0.3) is 0 Å². The monoisotopic (exact) mass is 652 g/mol. The molecule has 2 rings (SSSR count). The molecule has 2 aromatic carbocycles. The molecule has 0 saturated heterocycles. The van der Waals surface area contributed by atoms with Gasteiger partial charge in [-0.1, -0.05) is 154 Å². The molecular formula is C39H64N4S2. The van der Waals surface area contributed by atoms with Gasteiger partial charge in [0.25, 0.3) is 0 Å². The average molecular weight is 653 g/mol. The molecule has 0 unspecified atom stereocenters. The number of nitrogens with one attached hydrogen (secondary N) is 4. The zero-order valence-corrected chi connectivity index (χ0v) is 30.3. The molecule has 0 aliphatic heterocycles. The van der Waals surface area contributed by atoms with Crippen LogP contribution in [0.3, 0.4) is 0 Å². The van der Waals surface area contributed by atoms with Crippen LogP contribution in [0.2, 0.25) is 0 Å². The molecule has 6 heteroatoms. The Morgan fingerprint density at radius 3 is 1.02 bits per heavy atom. The molecule has 0 spiro atoms. The maximum absolute atomic E-state index is 5.51. The molecule has 2 aromatic rings. The van der Waals surface area contributed by atoms with E-state index in [2.05, 4.69) is 83.6 Å². The fourth-order valence-corrected chi connectivity index (χ4v) is 6.07. The van der Waals surface area contributed by atoms with E-state index in [-0.39, 0.29) is 0 Å². The molecule has 0 heterocycles. The Labute approximate surface area is 287 Å². The quantitative estimate of drug-likeness (QED) is 0.0599. The van der Waals surface area contributed by atoms with E-state index in [9.17, 15) is 0 Å². The van der Waals surface area contributed by atoms with E-state index < -0.39 is 0 Å². The summed E-state index contributed by atoms with van der Waals surface area (Å²) < 4.78 is 0. The standard InChI is InChI=1S/C39H64N4S2/c1-3-5-7-9-11-13-15-17-19-21-31-40-38(44)42-36-27-23-34(24-28-36)33-35-25-29-37(30-26-35)43-39(45)41-32-22-20-18-16-14-12-10-8-6-4-2/h23-30H,3-22,31-33H2,1-2H3,(H2,40,42,44)(H2,41,43,45). The predicted octanol–water partition coefficient (Wildman–Crippen LogP) is 11.7. The van der Waals surface area contributed by atoms with Crippen molar-refractivity contribution >= 4 is 46.0 Å². The van der Waals surface area contributed by atoms with E-state index in [0.717, 1.165) is 30.9 Å². The third-order valence-corrected chi connectivity index (χ3v) is 8.96. The van der Waals surface area contributed by atoms with Crippen LogP contribution in [-0.2, 0) is 6.42 Å². The zero-order chi connectivity index (χ0) is 32.2. The van der Waals surface area contributed by atoms with E-state index in [0.29, 0.717) is 10.2 Å². The van der Waals surface area contributed by atoms with Gasteiger partial charge < -0.3 is 21.3 Å². The summed E-state index contributed by atoms with van der Waals surface area (Å²) in [6, 6.07) is 17.1. The van der Waals surface area contributed by atoms with Crippen LogP contribution in [0.5, 0.6) is 0 Å². The smallest absolute Gasteiger partial charge is 0.170 e. The van der Waals surface area contributed by atoms with Gasteiger partial charge in [0.15, 0.2) is 10.2 Å². The molecular weight excluding hydrogens is 589 g/mol. The summed E-state index contributed by atoms with van der Waals surface area (Å²) in [6.07, 6.45) is 27.9. The van der Waals surface area contributed by atoms with Crippen molar-refractivity contribution in [3.63, 3.8) is 0 Å². The zero-order valence-electron chi connectivity index (χ0n) is 28.7. The van der Waals surface area contributed by atoms with Gasteiger partial charge in [-0.3, -0.25) is 0 Å². The maximum Gasteiger partial charge on any atom is 0.170 e. The van der Waals surface area contributed by atoms with Gasteiger partial charge in [-0.15, -0.1) is 0 Å². The number of anilines is 2. The van der Waals surface area contributed by atoms with Crippen molar-refractivity contribution in [1.82, 2.24) is 10.6 Å². The molecule has 252 valence electrons. The Kier molecular flexibility index (Phi) is 23.4. The van der Waals surface area contributed by atoms with Gasteiger partial charge in [-0.25, -0.2) is 0 Å². The van der Waals surface area contributed by atoms with Gasteiger partial charge in [0.2, 0.25) is 0 Å². The second-order valence-corrected chi connectivity index (χ2v) is 13.5. The Balaban J connectivity index is 1.52. The first-order valence-electron chi connectivity index (χ1n) is 18.4. The van der Waals surface area contributed by atoms with Crippen LogP contribution >= 0.6 is 24.4 Å². The summed E-state index contributed by atoms with van der Waals surface area (Å²) in [5, 5.41) is 14.8. The number of benzene rings is 2. The number of rotatable bonds is 26. The van der Waals surface area contributed by atoms with Crippen molar-refractivity contribution < 1.29 is 0 Å². The maximum atomic E-state index is 5.51. The van der Waals surface area contributed by atoms with Crippen molar-refractivity contribution in [3.8, 4) is 0 Å². The first-order chi connectivity index (χ1) is 22.1. The largest absolute Gasteiger partial charge is 0.362 e. The Morgan fingerprint density at radius 2 is 0.711 bits per heavy atom. The third-order valence-electron chi connectivity index (χ3n) is 8.46. The third kappa shape index (κ3) is 21.3. The highest BCUT2D eigenvalue weighted by atomic mass is 32.1. The van der Waals surface area contributed by atoms with Crippen molar-refractivity contribution in [2.75, 3.05) is 23.7 Å². The fraction of sp³-hybridized carbons (Fsp3) is 0.641. The average Bonchev–Trinajstić information content (AvgIpc) is 3.04. The van der Waals surface area contributed by atoms with Crippen LogP contribution < -0.4 is 21.3 Å². The molecule has 0 bridgehead atoms. The van der Waals surface area contributed by atoms with Crippen LogP contribution in [-0.4, -0.2) is 23.3 Å². The highest BCUT2D eigenvalue weighted by Gasteiger charge is 2.02. The molecule has 0 aliphatic carbocycles. The second-order valence-electron chi connectivity index (χ2n) is 12.7. The summed E-state index contributed by atoms with van der Waals surface area (Å²) >= 11 is 11.0. The lowest BCUT2D eigenvalue weighted by atomic mass is 10.0. The van der Waals surface area contributed by atoms with Crippen LogP contribution in [0, 0.1) is 0 Å². The molecule has 0 saturated carbocycles. The van der Waals surface area contributed by atoms with Gasteiger partial charge in [0.1, 0.15) is 0 Å². The van der Waals surface area contributed by atoms with E-state index in [1.54, 1.807) is 0 Å². The Bertz CT molecular complexity index is 925. The molecule has 0 fully saturated rings. The number of unbranched alkanes of at least 4 members (excludes halogenated alkanes) is 18. The summed E-state index contributed by atoms with van der Waals surface area (Å²) in [6.45, 7) is 6.43. The van der Waals surface area contributed by atoms with E-state index in [1.807, 2.05) is 0 Å². The predicted molar refractivity (Wildman–Crippen MR) is 208 cm³/mol. The molecule has 4 nitrogen and oxygen atoms in total. The van der Waals surface area contributed by atoms with Crippen molar-refractivity contribution in [3.05, 3.63) is 59.7 Å². The fourth-order valence-electron chi connectivity index (χ4n) is 5.63. The molecule has 0 aliphatic rings. The number of thiocarbonyl (C=S) groups is 2. The first-order valence-corrected chi connectivity index (χ1v) is 19.2. The minimum Gasteiger partial charge on any atom is -0.362 e. The van der Waals surface area contributed by atoms with Crippen molar-refractivity contribution in [1.29, 1.82) is 0 Å². The van der Waals surface area contributed by atoms with Gasteiger partial charge in [-0.2, -0.15) is 0 Å². The molecule has 0 radical (unpaired) electrons. The minimum absolute atomic E-state index is 0.706. The highest BCUT2D eigenvalue weighted by molar-refractivity contribution is 7.80.